The first kappa shape index (κ1) is 32.6. The smallest absolute Gasteiger partial charge is 0.408 e. The lowest BCUT2D eigenvalue weighted by Gasteiger charge is -2.42. The second-order valence-electron chi connectivity index (χ2n) is 10.4. The zero-order valence-corrected chi connectivity index (χ0v) is 23.0. The lowest BCUT2D eigenvalue weighted by Crippen LogP contribution is -2.65. The minimum absolute atomic E-state index is 0.0751. The summed E-state index contributed by atoms with van der Waals surface area (Å²) in [5.41, 5.74) is 3.43. The number of alkyl carbamates (subject to hydrolysis) is 1. The topological polar surface area (TPSA) is 142 Å². The monoisotopic (exact) mass is 505 g/mol. The minimum atomic E-state index is -1.74. The molecule has 0 spiro atoms. The molecule has 0 saturated carbocycles. The highest BCUT2D eigenvalue weighted by molar-refractivity contribution is 7.98. The van der Waals surface area contributed by atoms with Crippen molar-refractivity contribution in [3.8, 4) is 0 Å². The Morgan fingerprint density at radius 3 is 2.12 bits per heavy atom. The number of aliphatic hydroxyl groups is 2. The van der Waals surface area contributed by atoms with Crippen LogP contribution >= 0.6 is 11.8 Å². The van der Waals surface area contributed by atoms with E-state index in [1.54, 1.807) is 27.7 Å². The first-order valence-electron chi connectivity index (χ1n) is 12.0. The van der Waals surface area contributed by atoms with E-state index in [4.69, 9.17) is 10.5 Å². The number of aliphatic hydroxyl groups excluding tert-OH is 1. The van der Waals surface area contributed by atoms with E-state index < -0.39 is 53.8 Å². The van der Waals surface area contributed by atoms with Gasteiger partial charge in [-0.3, -0.25) is 14.5 Å². The molecule has 0 aliphatic rings. The van der Waals surface area contributed by atoms with Crippen molar-refractivity contribution >= 4 is 29.7 Å². The van der Waals surface area contributed by atoms with Crippen molar-refractivity contribution in [3.63, 3.8) is 0 Å². The van der Waals surface area contributed by atoms with Crippen molar-refractivity contribution in [1.82, 2.24) is 10.2 Å². The molecule has 0 radical (unpaired) electrons. The molecular formula is C24H47N3O6S. The van der Waals surface area contributed by atoms with Gasteiger partial charge in [0.2, 0.25) is 5.91 Å². The molecule has 0 saturated heterocycles. The van der Waals surface area contributed by atoms with Crippen LogP contribution in [0.2, 0.25) is 0 Å². The van der Waals surface area contributed by atoms with Crippen LogP contribution < -0.4 is 11.1 Å². The normalized spacial score (nSPS) is 16.4. The molecule has 34 heavy (non-hydrogen) atoms. The van der Waals surface area contributed by atoms with Crippen molar-refractivity contribution in [3.05, 3.63) is 0 Å². The fraction of sp³-hybridized carbons (Fsp3) is 0.875. The van der Waals surface area contributed by atoms with Gasteiger partial charge in [0.05, 0.1) is 18.2 Å². The van der Waals surface area contributed by atoms with Crippen LogP contribution in [-0.2, 0) is 14.3 Å². The lowest BCUT2D eigenvalue weighted by molar-refractivity contribution is -0.159. The quantitative estimate of drug-likeness (QED) is 0.264. The largest absolute Gasteiger partial charge is 0.444 e. The van der Waals surface area contributed by atoms with E-state index in [0.717, 1.165) is 17.7 Å². The standard InChI is InChI=1S/C24H47N3O6S/c1-16(2)11-9-10-12-20(29)27(19(15-28)24(7,32)17(3)25)21(30)18(13-14-34-8)26-22(31)33-23(4,5)6/h16-19,28,32H,9-15,25H2,1-8H3,(H,26,31)/t17-,18-,19+,24-/m0/s1. The van der Waals surface area contributed by atoms with Crippen LogP contribution in [0.5, 0.6) is 0 Å². The number of unbranched alkanes of at least 4 members (excludes halogenated alkanes) is 1. The maximum absolute atomic E-state index is 13.7. The van der Waals surface area contributed by atoms with Gasteiger partial charge >= 0.3 is 6.09 Å². The number of ether oxygens (including phenoxy) is 1. The SMILES string of the molecule is CSCC[C@H](NC(=O)OC(C)(C)C)C(=O)N(C(=O)CCCCC(C)C)[C@H](CO)[C@@](C)(O)[C@H](C)N. The van der Waals surface area contributed by atoms with Gasteiger partial charge in [-0.25, -0.2) is 4.79 Å². The van der Waals surface area contributed by atoms with Crippen LogP contribution in [0.3, 0.4) is 0 Å². The van der Waals surface area contributed by atoms with Gasteiger partial charge in [0, 0.05) is 12.5 Å². The number of nitrogens with zero attached hydrogens (tertiary/aromatic N) is 1. The molecule has 0 heterocycles. The second-order valence-corrected chi connectivity index (χ2v) is 11.4. The number of imide groups is 1. The number of amides is 3. The third-order valence-electron chi connectivity index (χ3n) is 5.61. The van der Waals surface area contributed by atoms with Crippen molar-refractivity contribution < 1.29 is 29.3 Å². The van der Waals surface area contributed by atoms with Gasteiger partial charge in [-0.05, 0) is 65.4 Å². The Kier molecular flexibility index (Phi) is 14.3. The Labute approximate surface area is 209 Å². The Balaban J connectivity index is 6.03. The summed E-state index contributed by atoms with van der Waals surface area (Å²) in [6.07, 6.45) is 3.72. The molecule has 0 aromatic heterocycles. The maximum atomic E-state index is 13.7. The van der Waals surface area contributed by atoms with E-state index in [-0.39, 0.29) is 12.8 Å². The number of hydrogen-bond donors (Lipinski definition) is 4. The van der Waals surface area contributed by atoms with E-state index in [1.165, 1.54) is 18.7 Å². The van der Waals surface area contributed by atoms with E-state index >= 15 is 0 Å². The van der Waals surface area contributed by atoms with Crippen molar-refractivity contribution in [2.24, 2.45) is 11.7 Å². The van der Waals surface area contributed by atoms with E-state index in [1.807, 2.05) is 6.26 Å². The number of carbonyl (C=O) groups is 3. The summed E-state index contributed by atoms with van der Waals surface area (Å²) in [6.45, 7) is 11.6. The molecule has 0 aromatic rings. The van der Waals surface area contributed by atoms with Gasteiger partial charge in [-0.2, -0.15) is 11.8 Å². The van der Waals surface area contributed by atoms with Crippen molar-refractivity contribution in [2.75, 3.05) is 18.6 Å². The highest BCUT2D eigenvalue weighted by Crippen LogP contribution is 2.23. The van der Waals surface area contributed by atoms with E-state index in [9.17, 15) is 24.6 Å². The Bertz CT molecular complexity index is 649. The third-order valence-corrected chi connectivity index (χ3v) is 6.25. The first-order valence-corrected chi connectivity index (χ1v) is 13.4. The molecule has 0 aromatic carbocycles. The Morgan fingerprint density at radius 1 is 1.09 bits per heavy atom. The summed E-state index contributed by atoms with van der Waals surface area (Å²) in [5.74, 6) is -0.191. The molecule has 4 atom stereocenters. The Hall–Kier alpha value is -1.36. The van der Waals surface area contributed by atoms with Crippen LogP contribution in [0.4, 0.5) is 4.79 Å². The summed E-state index contributed by atoms with van der Waals surface area (Å²) in [6, 6.07) is -3.17. The molecule has 9 nitrogen and oxygen atoms in total. The molecule has 0 bridgehead atoms. The van der Waals surface area contributed by atoms with Gasteiger partial charge in [-0.1, -0.05) is 26.7 Å². The predicted octanol–water partition coefficient (Wildman–Crippen LogP) is 2.66. The summed E-state index contributed by atoms with van der Waals surface area (Å²) < 4.78 is 5.30. The lowest BCUT2D eigenvalue weighted by atomic mass is 9.88. The highest BCUT2D eigenvalue weighted by Gasteiger charge is 2.45. The summed E-state index contributed by atoms with van der Waals surface area (Å²) in [5, 5.41) is 23.7. The number of carbonyl (C=O) groups excluding carboxylic acids is 3. The van der Waals surface area contributed by atoms with Crippen LogP contribution in [0.1, 0.15) is 80.6 Å². The van der Waals surface area contributed by atoms with Crippen LogP contribution in [0.15, 0.2) is 0 Å². The molecule has 0 aliphatic heterocycles. The van der Waals surface area contributed by atoms with E-state index in [2.05, 4.69) is 19.2 Å². The molecule has 0 fully saturated rings. The molecule has 0 unspecified atom stereocenters. The predicted molar refractivity (Wildman–Crippen MR) is 136 cm³/mol. The van der Waals surface area contributed by atoms with E-state index in [0.29, 0.717) is 18.1 Å². The van der Waals surface area contributed by atoms with Gasteiger partial charge < -0.3 is 26.0 Å². The summed E-state index contributed by atoms with van der Waals surface area (Å²) in [4.78, 5) is 40.3. The number of rotatable bonds is 14. The average Bonchev–Trinajstić information content (AvgIpc) is 2.69. The summed E-state index contributed by atoms with van der Waals surface area (Å²) >= 11 is 1.49. The first-order chi connectivity index (χ1) is 15.6. The molecule has 0 aliphatic carbocycles. The van der Waals surface area contributed by atoms with Crippen LogP contribution in [-0.4, -0.2) is 81.0 Å². The van der Waals surface area contributed by atoms with Gasteiger partial charge in [0.1, 0.15) is 11.6 Å². The van der Waals surface area contributed by atoms with Crippen LogP contribution in [0.25, 0.3) is 0 Å². The zero-order chi connectivity index (χ0) is 26.7. The fourth-order valence-electron chi connectivity index (χ4n) is 3.34. The van der Waals surface area contributed by atoms with Gasteiger partial charge in [0.25, 0.3) is 5.91 Å². The molecule has 0 rings (SSSR count). The molecule has 3 amide bonds. The number of nitrogens with one attached hydrogen (secondary N) is 1. The fourth-order valence-corrected chi connectivity index (χ4v) is 3.81. The Morgan fingerprint density at radius 2 is 1.68 bits per heavy atom. The maximum Gasteiger partial charge on any atom is 0.408 e. The van der Waals surface area contributed by atoms with Crippen LogP contribution in [0, 0.1) is 5.92 Å². The van der Waals surface area contributed by atoms with Crippen molar-refractivity contribution in [2.45, 2.75) is 110 Å². The summed E-state index contributed by atoms with van der Waals surface area (Å²) in [7, 11) is 0. The highest BCUT2D eigenvalue weighted by atomic mass is 32.2. The third kappa shape index (κ3) is 11.4. The number of nitrogens with two attached hydrogens (primary N) is 1. The number of thioether (sulfide) groups is 1. The van der Waals surface area contributed by atoms with Gasteiger partial charge in [-0.15, -0.1) is 0 Å². The molecule has 10 heteroatoms. The zero-order valence-electron chi connectivity index (χ0n) is 22.2. The number of hydrogen-bond acceptors (Lipinski definition) is 8. The van der Waals surface area contributed by atoms with Crippen molar-refractivity contribution in [1.29, 1.82) is 0 Å². The second kappa shape index (κ2) is 14.9. The molecule has 5 N–H and O–H groups in total. The molecular weight excluding hydrogens is 458 g/mol. The van der Waals surface area contributed by atoms with Gasteiger partial charge in [0.15, 0.2) is 0 Å². The molecule has 200 valence electrons. The average molecular weight is 506 g/mol. The minimum Gasteiger partial charge on any atom is -0.444 e.